The van der Waals surface area contributed by atoms with Crippen molar-refractivity contribution in [1.29, 1.82) is 0 Å². The van der Waals surface area contributed by atoms with Crippen LogP contribution in [0.15, 0.2) is 10.9 Å². The minimum atomic E-state index is -0.737. The van der Waals surface area contributed by atoms with Crippen molar-refractivity contribution in [2.75, 3.05) is 0 Å². The molecule has 2 heterocycles. The van der Waals surface area contributed by atoms with Crippen LogP contribution >= 0.6 is 11.3 Å². The summed E-state index contributed by atoms with van der Waals surface area (Å²) in [5.74, 6) is -1.11. The van der Waals surface area contributed by atoms with E-state index in [1.807, 2.05) is 0 Å². The van der Waals surface area contributed by atoms with E-state index in [0.717, 1.165) is 0 Å². The summed E-state index contributed by atoms with van der Waals surface area (Å²) < 4.78 is 0. The molecule has 1 aromatic heterocycles. The van der Waals surface area contributed by atoms with Crippen molar-refractivity contribution in [3.8, 4) is 0 Å². The fraction of sp³-hybridized carbons (Fsp3) is 0.333. The number of nitrogens with one attached hydrogen (secondary N) is 2. The first-order valence-electron chi connectivity index (χ1n) is 4.65. The highest BCUT2D eigenvalue weighted by Crippen LogP contribution is 2.04. The number of imide groups is 1. The Kier molecular flexibility index (Phi) is 2.95. The van der Waals surface area contributed by atoms with E-state index in [4.69, 9.17) is 0 Å². The van der Waals surface area contributed by atoms with E-state index in [1.165, 1.54) is 11.3 Å². The highest BCUT2D eigenvalue weighted by Gasteiger charge is 2.31. The monoisotopic (exact) mass is 239 g/mol. The molecule has 84 valence electrons. The molecule has 1 aromatic rings. The molecule has 1 unspecified atom stereocenters. The van der Waals surface area contributed by atoms with Crippen LogP contribution in [0.2, 0.25) is 0 Å². The largest absolute Gasteiger partial charge is 0.343 e. The summed E-state index contributed by atoms with van der Waals surface area (Å²) >= 11 is 1.40. The second-order valence-corrected chi connectivity index (χ2v) is 4.11. The molecule has 16 heavy (non-hydrogen) atoms. The van der Waals surface area contributed by atoms with E-state index < -0.39 is 11.9 Å². The third kappa shape index (κ3) is 2.43. The highest BCUT2D eigenvalue weighted by atomic mass is 32.1. The summed E-state index contributed by atoms with van der Waals surface area (Å²) in [5, 5.41) is 6.38. The number of nitrogens with zero attached hydrogens (tertiary/aromatic N) is 1. The summed E-state index contributed by atoms with van der Waals surface area (Å²) in [5.41, 5.74) is 2.29. The molecule has 1 saturated heterocycles. The quantitative estimate of drug-likeness (QED) is 0.677. The Bertz CT molecular complexity index is 429. The molecule has 1 atom stereocenters. The van der Waals surface area contributed by atoms with Crippen LogP contribution in [-0.2, 0) is 20.8 Å². The number of carbonyl (C=O) groups is 3. The molecule has 1 fully saturated rings. The minimum absolute atomic E-state index is 0.0155. The average Bonchev–Trinajstić information content (AvgIpc) is 2.78. The SMILES string of the molecule is O=C1CC(NC(=O)Cc2cscn2)C(=O)N1. The van der Waals surface area contributed by atoms with Crippen LogP contribution in [0.5, 0.6) is 0 Å². The molecule has 0 bridgehead atoms. The molecule has 0 saturated carbocycles. The molecule has 2 rings (SSSR count). The van der Waals surface area contributed by atoms with Crippen molar-refractivity contribution in [2.24, 2.45) is 0 Å². The predicted octanol–water partition coefficient (Wildman–Crippen LogP) is -0.783. The summed E-state index contributed by atoms with van der Waals surface area (Å²) in [6.07, 6.45) is 0.142. The third-order valence-electron chi connectivity index (χ3n) is 2.13. The molecule has 6 nitrogen and oxygen atoms in total. The zero-order valence-electron chi connectivity index (χ0n) is 8.23. The van der Waals surface area contributed by atoms with Crippen LogP contribution in [0.4, 0.5) is 0 Å². The van der Waals surface area contributed by atoms with Crippen molar-refractivity contribution in [3.05, 3.63) is 16.6 Å². The lowest BCUT2D eigenvalue weighted by molar-refractivity contribution is -0.128. The zero-order valence-corrected chi connectivity index (χ0v) is 9.04. The zero-order chi connectivity index (χ0) is 11.5. The molecule has 1 aliphatic rings. The smallest absolute Gasteiger partial charge is 0.249 e. The molecule has 2 N–H and O–H groups in total. The van der Waals surface area contributed by atoms with Crippen LogP contribution < -0.4 is 10.6 Å². The van der Waals surface area contributed by atoms with Crippen LogP contribution in [0.3, 0.4) is 0 Å². The van der Waals surface area contributed by atoms with Gasteiger partial charge in [-0.25, -0.2) is 4.98 Å². The highest BCUT2D eigenvalue weighted by molar-refractivity contribution is 7.07. The topological polar surface area (TPSA) is 88.2 Å². The fourth-order valence-electron chi connectivity index (χ4n) is 1.40. The molecule has 0 aliphatic carbocycles. The molecule has 7 heteroatoms. The van der Waals surface area contributed by atoms with Gasteiger partial charge in [0, 0.05) is 5.38 Å². The summed E-state index contributed by atoms with van der Waals surface area (Å²) in [7, 11) is 0. The first kappa shape index (κ1) is 10.7. The van der Waals surface area contributed by atoms with Gasteiger partial charge in [0.05, 0.1) is 24.0 Å². The Morgan fingerprint density at radius 3 is 3.00 bits per heavy atom. The van der Waals surface area contributed by atoms with Crippen LogP contribution in [0, 0.1) is 0 Å². The van der Waals surface area contributed by atoms with E-state index in [1.54, 1.807) is 10.9 Å². The van der Waals surface area contributed by atoms with Gasteiger partial charge in [0.1, 0.15) is 6.04 Å². The van der Waals surface area contributed by atoms with Crippen LogP contribution in [0.25, 0.3) is 0 Å². The van der Waals surface area contributed by atoms with E-state index in [-0.39, 0.29) is 24.7 Å². The number of aromatic nitrogens is 1. The van der Waals surface area contributed by atoms with Gasteiger partial charge >= 0.3 is 0 Å². The van der Waals surface area contributed by atoms with Gasteiger partial charge in [-0.15, -0.1) is 11.3 Å². The van der Waals surface area contributed by atoms with Crippen molar-refractivity contribution in [3.63, 3.8) is 0 Å². The first-order chi connectivity index (χ1) is 7.65. The number of thiazole rings is 1. The summed E-state index contributed by atoms with van der Waals surface area (Å²) in [6.45, 7) is 0. The molecule has 1 aliphatic heterocycles. The number of amides is 3. The Morgan fingerprint density at radius 2 is 2.44 bits per heavy atom. The third-order valence-corrected chi connectivity index (χ3v) is 2.76. The first-order valence-corrected chi connectivity index (χ1v) is 5.59. The van der Waals surface area contributed by atoms with Crippen molar-refractivity contribution in [1.82, 2.24) is 15.6 Å². The van der Waals surface area contributed by atoms with Gasteiger partial charge in [-0.05, 0) is 0 Å². The van der Waals surface area contributed by atoms with E-state index in [0.29, 0.717) is 5.69 Å². The second-order valence-electron chi connectivity index (χ2n) is 3.39. The van der Waals surface area contributed by atoms with Crippen molar-refractivity contribution in [2.45, 2.75) is 18.9 Å². The number of hydrogen-bond donors (Lipinski definition) is 2. The predicted molar refractivity (Wildman–Crippen MR) is 55.5 cm³/mol. The maximum Gasteiger partial charge on any atom is 0.249 e. The maximum atomic E-state index is 11.5. The van der Waals surface area contributed by atoms with Crippen LogP contribution in [0.1, 0.15) is 12.1 Å². The van der Waals surface area contributed by atoms with Gasteiger partial charge in [-0.2, -0.15) is 0 Å². The molecule has 3 amide bonds. The van der Waals surface area contributed by atoms with Gasteiger partial charge in [0.25, 0.3) is 0 Å². The van der Waals surface area contributed by atoms with Gasteiger partial charge < -0.3 is 5.32 Å². The summed E-state index contributed by atoms with van der Waals surface area (Å²) in [4.78, 5) is 37.5. The van der Waals surface area contributed by atoms with Crippen molar-refractivity contribution >= 4 is 29.1 Å². The lowest BCUT2D eigenvalue weighted by atomic mass is 10.2. The van der Waals surface area contributed by atoms with Gasteiger partial charge in [0.2, 0.25) is 17.7 Å². The second kappa shape index (κ2) is 4.40. The number of carbonyl (C=O) groups excluding carboxylic acids is 3. The molecular formula is C9H9N3O3S. The Balaban J connectivity index is 1.88. The van der Waals surface area contributed by atoms with Crippen LogP contribution in [-0.4, -0.2) is 28.7 Å². The number of hydrogen-bond acceptors (Lipinski definition) is 5. The van der Waals surface area contributed by atoms with Gasteiger partial charge in [-0.3, -0.25) is 19.7 Å². The lowest BCUT2D eigenvalue weighted by Crippen LogP contribution is -2.40. The average molecular weight is 239 g/mol. The Labute approximate surface area is 95.1 Å². The van der Waals surface area contributed by atoms with Crippen molar-refractivity contribution < 1.29 is 14.4 Å². The lowest BCUT2D eigenvalue weighted by Gasteiger charge is -2.07. The standard InChI is InChI=1S/C9H9N3O3S/c13-7(1-5-3-16-4-10-5)11-6-2-8(14)12-9(6)15/h3-4,6H,1-2H2,(H,11,13)(H,12,14,15). The Morgan fingerprint density at radius 1 is 1.62 bits per heavy atom. The molecule has 0 spiro atoms. The molecule has 0 radical (unpaired) electrons. The normalized spacial score (nSPS) is 19.6. The molecule has 0 aromatic carbocycles. The summed E-state index contributed by atoms with van der Waals surface area (Å²) in [6, 6.07) is -0.737. The fourth-order valence-corrected chi connectivity index (χ4v) is 1.96. The molecular weight excluding hydrogens is 230 g/mol. The Hall–Kier alpha value is -1.76. The van der Waals surface area contributed by atoms with Gasteiger partial charge in [-0.1, -0.05) is 0 Å². The number of rotatable bonds is 3. The van der Waals surface area contributed by atoms with E-state index in [9.17, 15) is 14.4 Å². The maximum absolute atomic E-state index is 11.5. The van der Waals surface area contributed by atoms with E-state index >= 15 is 0 Å². The minimum Gasteiger partial charge on any atom is -0.343 e. The van der Waals surface area contributed by atoms with E-state index in [2.05, 4.69) is 15.6 Å². The van der Waals surface area contributed by atoms with Gasteiger partial charge in [0.15, 0.2) is 0 Å².